The van der Waals surface area contributed by atoms with Crippen LogP contribution in [-0.4, -0.2) is 26.0 Å². The van der Waals surface area contributed by atoms with Crippen LogP contribution >= 0.6 is 0 Å². The number of carbonyl (C=O) groups is 2. The molecule has 0 bridgehead atoms. The second-order valence-electron chi connectivity index (χ2n) is 7.28. The number of allylic oxidation sites excluding steroid dienone is 1. The highest BCUT2D eigenvalue weighted by Crippen LogP contribution is 2.39. The number of carbonyl (C=O) groups excluding carboxylic acids is 2. The minimum atomic E-state index is -0.408. The number of hydrogen-bond donors (Lipinski definition) is 0. The van der Waals surface area contributed by atoms with Crippen molar-refractivity contribution in [2.75, 3.05) is 14.2 Å². The molecule has 0 amide bonds. The van der Waals surface area contributed by atoms with Gasteiger partial charge in [-0.05, 0) is 60.5 Å². The Bertz CT molecular complexity index is 1210. The van der Waals surface area contributed by atoms with Gasteiger partial charge < -0.3 is 18.9 Å². The number of rotatable bonds is 6. The maximum atomic E-state index is 12.8. The van der Waals surface area contributed by atoms with Crippen molar-refractivity contribution in [1.29, 1.82) is 0 Å². The molecule has 0 aliphatic carbocycles. The number of fused-ring (bicyclic) bond motifs is 1. The van der Waals surface area contributed by atoms with Gasteiger partial charge in [0.1, 0.15) is 23.0 Å². The van der Waals surface area contributed by atoms with Crippen molar-refractivity contribution < 1.29 is 28.5 Å². The van der Waals surface area contributed by atoms with Crippen LogP contribution in [0.4, 0.5) is 0 Å². The topological polar surface area (TPSA) is 71.1 Å². The molecule has 3 aromatic rings. The highest BCUT2D eigenvalue weighted by atomic mass is 16.5. The van der Waals surface area contributed by atoms with Crippen LogP contribution in [0.5, 0.6) is 23.0 Å². The molecular weight excluding hydrogens is 408 g/mol. The van der Waals surface area contributed by atoms with E-state index in [9.17, 15) is 9.59 Å². The van der Waals surface area contributed by atoms with Gasteiger partial charge in [-0.2, -0.15) is 0 Å². The fraction of sp³-hybridized carbons (Fsp3) is 0.154. The molecule has 0 unspecified atom stereocenters. The van der Waals surface area contributed by atoms with E-state index in [1.165, 1.54) is 0 Å². The molecule has 6 nitrogen and oxygen atoms in total. The molecule has 1 heterocycles. The smallest absolute Gasteiger partial charge is 0.315 e. The molecule has 6 heteroatoms. The van der Waals surface area contributed by atoms with Crippen molar-refractivity contribution in [1.82, 2.24) is 0 Å². The lowest BCUT2D eigenvalue weighted by Crippen LogP contribution is -2.12. The third kappa shape index (κ3) is 4.34. The average molecular weight is 430 g/mol. The molecule has 0 fully saturated rings. The van der Waals surface area contributed by atoms with Crippen LogP contribution in [0.15, 0.2) is 66.4 Å². The summed E-state index contributed by atoms with van der Waals surface area (Å²) in [5, 5.41) is 0. The third-order valence-corrected chi connectivity index (χ3v) is 5.16. The molecule has 1 aliphatic rings. The predicted molar refractivity (Wildman–Crippen MR) is 119 cm³/mol. The summed E-state index contributed by atoms with van der Waals surface area (Å²) in [6.45, 7) is 1.76. The summed E-state index contributed by atoms with van der Waals surface area (Å²) < 4.78 is 21.8. The normalized spacial score (nSPS) is 13.5. The van der Waals surface area contributed by atoms with Crippen LogP contribution in [0.2, 0.25) is 0 Å². The van der Waals surface area contributed by atoms with Gasteiger partial charge in [0, 0.05) is 5.56 Å². The molecule has 0 spiro atoms. The van der Waals surface area contributed by atoms with Crippen LogP contribution in [-0.2, 0) is 11.2 Å². The maximum Gasteiger partial charge on any atom is 0.315 e. The molecule has 0 N–H and O–H groups in total. The lowest BCUT2D eigenvalue weighted by atomic mass is 10.1. The van der Waals surface area contributed by atoms with E-state index in [-0.39, 0.29) is 18.0 Å². The molecule has 3 aromatic carbocycles. The molecule has 0 atom stereocenters. The zero-order chi connectivity index (χ0) is 22.7. The molecule has 162 valence electrons. The van der Waals surface area contributed by atoms with Crippen molar-refractivity contribution in [3.8, 4) is 23.0 Å². The summed E-state index contributed by atoms with van der Waals surface area (Å²) in [6.07, 6.45) is 1.78. The van der Waals surface area contributed by atoms with Crippen molar-refractivity contribution >= 4 is 17.8 Å². The molecule has 4 rings (SSSR count). The van der Waals surface area contributed by atoms with E-state index in [1.807, 2.05) is 36.4 Å². The maximum absolute atomic E-state index is 12.8. The van der Waals surface area contributed by atoms with E-state index in [1.54, 1.807) is 51.5 Å². The molecule has 32 heavy (non-hydrogen) atoms. The first-order chi connectivity index (χ1) is 15.5. The first-order valence-corrected chi connectivity index (χ1v) is 10.0. The number of esters is 1. The second kappa shape index (κ2) is 8.98. The highest BCUT2D eigenvalue weighted by Gasteiger charge is 2.30. The summed E-state index contributed by atoms with van der Waals surface area (Å²) in [7, 11) is 3.17. The Morgan fingerprint density at radius 1 is 0.969 bits per heavy atom. The lowest BCUT2D eigenvalue weighted by molar-refractivity contribution is -0.133. The van der Waals surface area contributed by atoms with Crippen LogP contribution < -0.4 is 18.9 Å². The van der Waals surface area contributed by atoms with Gasteiger partial charge in [0.15, 0.2) is 5.76 Å². The van der Waals surface area contributed by atoms with Crippen LogP contribution in [0.25, 0.3) is 6.08 Å². The predicted octanol–water partition coefficient (Wildman–Crippen LogP) is 4.78. The van der Waals surface area contributed by atoms with E-state index < -0.39 is 5.97 Å². The number of methoxy groups -OCH3 is 2. The van der Waals surface area contributed by atoms with Gasteiger partial charge in [-0.15, -0.1) is 0 Å². The minimum absolute atomic E-state index is 0.112. The summed E-state index contributed by atoms with van der Waals surface area (Å²) in [5.41, 5.74) is 2.62. The largest absolute Gasteiger partial charge is 0.497 e. The van der Waals surface area contributed by atoms with Gasteiger partial charge in [0.05, 0.1) is 26.2 Å². The standard InChI is InChI=1S/C26H22O6/c1-16-22(31-24(27)15-17-7-9-19(29-2)10-8-17)12-11-21-25(28)23(32-26(16)21)14-18-5-4-6-20(13-18)30-3/h4-14H,15H2,1-3H3/b23-14-. The third-order valence-electron chi connectivity index (χ3n) is 5.16. The van der Waals surface area contributed by atoms with E-state index in [4.69, 9.17) is 18.9 Å². The van der Waals surface area contributed by atoms with Crippen LogP contribution in [0.1, 0.15) is 27.0 Å². The van der Waals surface area contributed by atoms with Gasteiger partial charge in [-0.1, -0.05) is 24.3 Å². The quantitative estimate of drug-likeness (QED) is 0.319. The summed E-state index contributed by atoms with van der Waals surface area (Å²) >= 11 is 0. The fourth-order valence-electron chi connectivity index (χ4n) is 3.43. The lowest BCUT2D eigenvalue weighted by Gasteiger charge is -2.10. The molecule has 1 aliphatic heterocycles. The van der Waals surface area contributed by atoms with E-state index in [2.05, 4.69) is 0 Å². The van der Waals surface area contributed by atoms with Gasteiger partial charge in [0.25, 0.3) is 0 Å². The SMILES string of the molecule is COc1ccc(CC(=O)Oc2ccc3c(c2C)O/C(=C\c2cccc(OC)c2)C3=O)cc1. The molecule has 0 saturated heterocycles. The van der Waals surface area contributed by atoms with Crippen molar-refractivity contribution in [3.63, 3.8) is 0 Å². The van der Waals surface area contributed by atoms with Gasteiger partial charge >= 0.3 is 5.97 Å². The van der Waals surface area contributed by atoms with Gasteiger partial charge in [-0.3, -0.25) is 9.59 Å². The number of benzene rings is 3. The fourth-order valence-corrected chi connectivity index (χ4v) is 3.43. The van der Waals surface area contributed by atoms with E-state index >= 15 is 0 Å². The Hall–Kier alpha value is -4.06. The van der Waals surface area contributed by atoms with Gasteiger partial charge in [0.2, 0.25) is 5.78 Å². The summed E-state index contributed by atoms with van der Waals surface area (Å²) in [4.78, 5) is 25.2. The molecular formula is C26H22O6. The van der Waals surface area contributed by atoms with Crippen LogP contribution in [0, 0.1) is 6.92 Å². The van der Waals surface area contributed by atoms with Crippen molar-refractivity contribution in [2.45, 2.75) is 13.3 Å². The average Bonchev–Trinajstić information content (AvgIpc) is 3.12. The second-order valence-corrected chi connectivity index (χ2v) is 7.28. The Kier molecular flexibility index (Phi) is 5.94. The van der Waals surface area contributed by atoms with Crippen molar-refractivity contribution in [2.24, 2.45) is 0 Å². The number of hydrogen-bond acceptors (Lipinski definition) is 6. The molecule has 0 aromatic heterocycles. The Labute approximate surface area is 186 Å². The van der Waals surface area contributed by atoms with Gasteiger partial charge in [-0.25, -0.2) is 0 Å². The Morgan fingerprint density at radius 3 is 2.44 bits per heavy atom. The zero-order valence-corrected chi connectivity index (χ0v) is 18.0. The zero-order valence-electron chi connectivity index (χ0n) is 18.0. The van der Waals surface area contributed by atoms with E-state index in [0.29, 0.717) is 28.4 Å². The Morgan fingerprint density at radius 2 is 1.72 bits per heavy atom. The monoisotopic (exact) mass is 430 g/mol. The first-order valence-electron chi connectivity index (χ1n) is 10.0. The van der Waals surface area contributed by atoms with Crippen molar-refractivity contribution in [3.05, 3.63) is 88.7 Å². The minimum Gasteiger partial charge on any atom is -0.497 e. The highest BCUT2D eigenvalue weighted by molar-refractivity contribution is 6.15. The Balaban J connectivity index is 1.51. The number of ether oxygens (including phenoxy) is 4. The summed E-state index contributed by atoms with van der Waals surface area (Å²) in [6, 6.07) is 17.8. The number of ketones is 1. The van der Waals surface area contributed by atoms with Crippen LogP contribution in [0.3, 0.4) is 0 Å². The number of Topliss-reactive ketones (excluding diaryl/α,β-unsaturated/α-hetero) is 1. The van der Waals surface area contributed by atoms with E-state index in [0.717, 1.165) is 16.9 Å². The summed E-state index contributed by atoms with van der Waals surface area (Å²) in [5.74, 6) is 1.74. The first kappa shape index (κ1) is 21.2. The molecule has 0 radical (unpaired) electrons. The molecule has 0 saturated carbocycles.